The Morgan fingerprint density at radius 3 is 3.09 bits per heavy atom. The summed E-state index contributed by atoms with van der Waals surface area (Å²) in [5.74, 6) is 0. The summed E-state index contributed by atoms with van der Waals surface area (Å²) in [7, 11) is 0. The molecule has 2 unspecified atom stereocenters. The van der Waals surface area contributed by atoms with Gasteiger partial charge in [-0.05, 0) is 25.7 Å². The fourth-order valence-corrected chi connectivity index (χ4v) is 2.47. The van der Waals surface area contributed by atoms with Crippen LogP contribution < -0.4 is 0 Å². The van der Waals surface area contributed by atoms with Gasteiger partial charge in [0, 0.05) is 19.2 Å². The number of nitrogens with zero attached hydrogens (tertiary/aromatic N) is 1. The van der Waals surface area contributed by atoms with E-state index in [0.29, 0.717) is 12.1 Å². The summed E-state index contributed by atoms with van der Waals surface area (Å²) >= 11 is 4.46. The Hall–Kier alpha value is 0.270. The van der Waals surface area contributed by atoms with Crippen LogP contribution in [0.3, 0.4) is 0 Å². The first kappa shape index (κ1) is 7.90. The third-order valence-corrected chi connectivity index (χ3v) is 3.16. The van der Waals surface area contributed by atoms with Gasteiger partial charge in [-0.3, -0.25) is 0 Å². The molecule has 0 spiro atoms. The van der Waals surface area contributed by atoms with Gasteiger partial charge < -0.3 is 4.74 Å². The van der Waals surface area contributed by atoms with Crippen LogP contribution in [-0.2, 0) is 4.74 Å². The van der Waals surface area contributed by atoms with E-state index in [1.54, 1.807) is 0 Å². The Morgan fingerprint density at radius 1 is 1.27 bits per heavy atom. The number of thiol groups is 1. The molecule has 1 saturated heterocycles. The molecular formula is C8H15NOS. The lowest BCUT2D eigenvalue weighted by Gasteiger charge is -2.23. The molecule has 0 radical (unpaired) electrons. The summed E-state index contributed by atoms with van der Waals surface area (Å²) in [6, 6.07) is 0.598. The molecule has 2 atom stereocenters. The highest BCUT2D eigenvalue weighted by Crippen LogP contribution is 2.29. The van der Waals surface area contributed by atoms with Gasteiger partial charge in [0.15, 0.2) is 0 Å². The molecule has 11 heavy (non-hydrogen) atoms. The SMILES string of the molecule is SN1CCCOC2CCCC21. The molecule has 0 amide bonds. The van der Waals surface area contributed by atoms with Crippen molar-refractivity contribution in [3.05, 3.63) is 0 Å². The molecule has 1 saturated carbocycles. The smallest absolute Gasteiger partial charge is 0.0739 e. The van der Waals surface area contributed by atoms with Crippen molar-refractivity contribution in [3.8, 4) is 0 Å². The molecule has 0 aromatic rings. The summed E-state index contributed by atoms with van der Waals surface area (Å²) in [6.07, 6.45) is 5.44. The predicted octanol–water partition coefficient (Wildman–Crippen LogP) is 1.47. The first-order chi connectivity index (χ1) is 5.38. The van der Waals surface area contributed by atoms with E-state index in [-0.39, 0.29) is 0 Å². The van der Waals surface area contributed by atoms with Crippen molar-refractivity contribution in [1.82, 2.24) is 4.31 Å². The molecule has 2 aliphatic rings. The largest absolute Gasteiger partial charge is 0.377 e. The lowest BCUT2D eigenvalue weighted by atomic mass is 10.2. The number of hydrogen-bond donors (Lipinski definition) is 1. The molecule has 1 aliphatic carbocycles. The van der Waals surface area contributed by atoms with Crippen molar-refractivity contribution in [2.24, 2.45) is 0 Å². The Kier molecular flexibility index (Phi) is 2.39. The normalized spacial score (nSPS) is 40.1. The maximum atomic E-state index is 5.71. The summed E-state index contributed by atoms with van der Waals surface area (Å²) in [5, 5.41) is 0. The van der Waals surface area contributed by atoms with Crippen LogP contribution in [0.5, 0.6) is 0 Å². The van der Waals surface area contributed by atoms with E-state index in [4.69, 9.17) is 4.74 Å². The van der Waals surface area contributed by atoms with Gasteiger partial charge >= 0.3 is 0 Å². The van der Waals surface area contributed by atoms with Crippen molar-refractivity contribution in [3.63, 3.8) is 0 Å². The summed E-state index contributed by atoms with van der Waals surface area (Å²) in [5.41, 5.74) is 0. The van der Waals surface area contributed by atoms with Crippen LogP contribution in [0.25, 0.3) is 0 Å². The lowest BCUT2D eigenvalue weighted by Crippen LogP contribution is -2.33. The standard InChI is InChI=1S/C8H15NOS/c11-9-5-2-6-10-8-4-1-3-7(8)9/h7-8,11H,1-6H2. The minimum Gasteiger partial charge on any atom is -0.377 e. The van der Waals surface area contributed by atoms with Crippen molar-refractivity contribution in [2.45, 2.75) is 37.8 Å². The van der Waals surface area contributed by atoms with Crippen LogP contribution in [-0.4, -0.2) is 29.6 Å². The first-order valence-electron chi connectivity index (χ1n) is 4.45. The molecule has 0 N–H and O–H groups in total. The van der Waals surface area contributed by atoms with Crippen LogP contribution in [0.1, 0.15) is 25.7 Å². The fraction of sp³-hybridized carbons (Fsp3) is 1.00. The molecule has 1 aliphatic heterocycles. The second kappa shape index (κ2) is 3.33. The molecule has 1 heterocycles. The Labute approximate surface area is 73.4 Å². The Morgan fingerprint density at radius 2 is 2.18 bits per heavy atom. The van der Waals surface area contributed by atoms with E-state index < -0.39 is 0 Å². The third kappa shape index (κ3) is 1.55. The number of rotatable bonds is 0. The van der Waals surface area contributed by atoms with Crippen molar-refractivity contribution < 1.29 is 4.74 Å². The van der Waals surface area contributed by atoms with E-state index in [2.05, 4.69) is 17.1 Å². The molecule has 64 valence electrons. The average molecular weight is 173 g/mol. The van der Waals surface area contributed by atoms with E-state index in [0.717, 1.165) is 19.6 Å². The predicted molar refractivity (Wildman–Crippen MR) is 47.7 cm³/mol. The highest BCUT2D eigenvalue weighted by atomic mass is 32.1. The molecule has 2 fully saturated rings. The van der Waals surface area contributed by atoms with Gasteiger partial charge in [-0.2, -0.15) is 0 Å². The maximum Gasteiger partial charge on any atom is 0.0739 e. The molecule has 2 rings (SSSR count). The van der Waals surface area contributed by atoms with Gasteiger partial charge in [0.2, 0.25) is 0 Å². The minimum absolute atomic E-state index is 0.481. The maximum absolute atomic E-state index is 5.71. The summed E-state index contributed by atoms with van der Waals surface area (Å²) in [4.78, 5) is 0. The first-order valence-corrected chi connectivity index (χ1v) is 4.85. The molecule has 3 heteroatoms. The topological polar surface area (TPSA) is 12.5 Å². The second-order valence-electron chi connectivity index (χ2n) is 3.42. The van der Waals surface area contributed by atoms with Crippen molar-refractivity contribution in [2.75, 3.05) is 13.2 Å². The quantitative estimate of drug-likeness (QED) is 0.557. The molecule has 0 aromatic carbocycles. The van der Waals surface area contributed by atoms with Crippen LogP contribution in [0, 0.1) is 0 Å². The average Bonchev–Trinajstić information content (AvgIpc) is 2.40. The zero-order valence-electron chi connectivity index (χ0n) is 6.70. The molecule has 0 aromatic heterocycles. The summed E-state index contributed by atoms with van der Waals surface area (Å²) in [6.45, 7) is 2.02. The zero-order chi connectivity index (χ0) is 7.68. The fourth-order valence-electron chi connectivity index (χ4n) is 2.07. The highest BCUT2D eigenvalue weighted by Gasteiger charge is 2.32. The molecule has 0 bridgehead atoms. The van der Waals surface area contributed by atoms with Crippen LogP contribution in [0.4, 0.5) is 0 Å². The Bertz CT molecular complexity index is 142. The molecular weight excluding hydrogens is 158 g/mol. The lowest BCUT2D eigenvalue weighted by molar-refractivity contribution is 0.0482. The van der Waals surface area contributed by atoms with E-state index in [9.17, 15) is 0 Å². The minimum atomic E-state index is 0.481. The van der Waals surface area contributed by atoms with Gasteiger partial charge in [-0.1, -0.05) is 12.8 Å². The van der Waals surface area contributed by atoms with Gasteiger partial charge in [-0.15, -0.1) is 0 Å². The second-order valence-corrected chi connectivity index (χ2v) is 3.94. The van der Waals surface area contributed by atoms with Gasteiger partial charge in [-0.25, -0.2) is 4.31 Å². The zero-order valence-corrected chi connectivity index (χ0v) is 7.59. The Balaban J connectivity index is 2.03. The molecule has 2 nitrogen and oxygen atoms in total. The van der Waals surface area contributed by atoms with E-state index >= 15 is 0 Å². The van der Waals surface area contributed by atoms with E-state index in [1.807, 2.05) is 0 Å². The third-order valence-electron chi connectivity index (χ3n) is 2.66. The van der Waals surface area contributed by atoms with Gasteiger partial charge in [0.05, 0.1) is 6.10 Å². The number of ether oxygens (including phenoxy) is 1. The van der Waals surface area contributed by atoms with Crippen molar-refractivity contribution in [1.29, 1.82) is 0 Å². The van der Waals surface area contributed by atoms with Crippen LogP contribution in [0.2, 0.25) is 0 Å². The monoisotopic (exact) mass is 173 g/mol. The van der Waals surface area contributed by atoms with Gasteiger partial charge in [0.1, 0.15) is 0 Å². The number of hydrogen-bond acceptors (Lipinski definition) is 3. The summed E-state index contributed by atoms with van der Waals surface area (Å²) < 4.78 is 7.88. The van der Waals surface area contributed by atoms with Crippen LogP contribution >= 0.6 is 12.8 Å². The number of fused-ring (bicyclic) bond motifs is 1. The van der Waals surface area contributed by atoms with E-state index in [1.165, 1.54) is 19.3 Å². The highest BCUT2D eigenvalue weighted by molar-refractivity contribution is 7.77. The van der Waals surface area contributed by atoms with Crippen LogP contribution in [0.15, 0.2) is 0 Å². The van der Waals surface area contributed by atoms with Crippen molar-refractivity contribution >= 4 is 12.8 Å². The van der Waals surface area contributed by atoms with Gasteiger partial charge in [0.25, 0.3) is 0 Å².